The van der Waals surface area contributed by atoms with Gasteiger partial charge in [-0.3, -0.25) is 9.98 Å². The van der Waals surface area contributed by atoms with Gasteiger partial charge >= 0.3 is 0 Å². The summed E-state index contributed by atoms with van der Waals surface area (Å²) in [7, 11) is 0. The number of benzene rings is 19. The fraction of sp³-hybridized carbons (Fsp3) is 0.156. The van der Waals surface area contributed by atoms with Crippen LogP contribution in [0.2, 0.25) is 0 Å². The van der Waals surface area contributed by atoms with Crippen molar-refractivity contribution in [3.63, 3.8) is 0 Å². The lowest BCUT2D eigenvalue weighted by molar-refractivity contribution is 0.505. The van der Waals surface area contributed by atoms with Gasteiger partial charge in [0, 0.05) is 44.9 Å². The van der Waals surface area contributed by atoms with Crippen LogP contribution in [0, 0.1) is 10.8 Å². The molecular weight excluding hydrogens is 1110 g/mol. The summed E-state index contributed by atoms with van der Waals surface area (Å²) in [6, 6.07) is 32.7. The predicted molar refractivity (Wildman–Crippen MR) is 382 cm³/mol. The third kappa shape index (κ3) is 2.32. The van der Waals surface area contributed by atoms with Crippen molar-refractivity contribution < 1.29 is 0 Å². The van der Waals surface area contributed by atoms with Crippen LogP contribution in [0.25, 0.3) is 259 Å². The first-order valence-corrected chi connectivity index (χ1v) is 35.1. The number of hydrogen-bond acceptors (Lipinski definition) is 2. The molecule has 2 saturated carbocycles. The number of para-hydroxylation sites is 2. The number of aryl methyl sites for hydroxylation is 2. The molecule has 14 aliphatic carbocycles. The number of rotatable bonds is 4. The van der Waals surface area contributed by atoms with Crippen molar-refractivity contribution in [1.82, 2.24) is 0 Å². The molecule has 3 atom stereocenters. The maximum Gasteiger partial charge on any atom is 0.0625 e. The monoisotopic (exact) mass is 1140 g/mol. The summed E-state index contributed by atoms with van der Waals surface area (Å²) < 4.78 is 0. The van der Waals surface area contributed by atoms with Crippen LogP contribution in [0.3, 0.4) is 0 Å². The maximum atomic E-state index is 6.13. The Morgan fingerprint density at radius 1 is 0.217 bits per heavy atom. The fourth-order valence-corrected chi connectivity index (χ4v) is 32.1. The molecule has 12 bridgehead atoms. The van der Waals surface area contributed by atoms with E-state index in [-0.39, 0.29) is 32.5 Å². The van der Waals surface area contributed by atoms with Gasteiger partial charge in [0.15, 0.2) is 0 Å². The van der Waals surface area contributed by atoms with Crippen LogP contribution in [0.15, 0.2) is 94.9 Å². The van der Waals surface area contributed by atoms with Gasteiger partial charge in [-0.1, -0.05) is 73.5 Å². The Balaban J connectivity index is 0.931. The smallest absolute Gasteiger partial charge is 0.0625 e. The SMILES string of the molecule is C(=Nc1ccccc1)C12CCCCc3ccc(cc3)CCCCC3(C=Nc4ccccc4)C45c6c7c8c9c%10c%11c%12c%13c%14c%15c%16c(c-7c4c4c7c%17c%18c%19c(c%20c6c9c6c%20c9c%19c%19c%20c%18c%18c7c(c4%16)c4c%15c7c%13c%13c%12c%12c%10c6c6c9c%19c9c(c%126)c%13c6c7c4c%18c%20c69)C%1735)C%141C8%112. The van der Waals surface area contributed by atoms with E-state index in [2.05, 4.69) is 97.4 Å². The molecular formula is C90H32N2. The van der Waals surface area contributed by atoms with E-state index in [0.29, 0.717) is 0 Å². The van der Waals surface area contributed by atoms with Gasteiger partial charge in [0.05, 0.1) is 11.4 Å². The van der Waals surface area contributed by atoms with Gasteiger partial charge in [0.25, 0.3) is 0 Å². The highest BCUT2D eigenvalue weighted by Gasteiger charge is 2.98. The second-order valence-corrected chi connectivity index (χ2v) is 33.4. The van der Waals surface area contributed by atoms with Crippen molar-refractivity contribution >= 4 is 272 Å². The first kappa shape index (κ1) is 38.4. The van der Waals surface area contributed by atoms with Gasteiger partial charge in [0.2, 0.25) is 0 Å². The van der Waals surface area contributed by atoms with Crippen LogP contribution in [-0.4, -0.2) is 12.4 Å². The summed E-state index contributed by atoms with van der Waals surface area (Å²) >= 11 is 0. The number of nitrogens with zero attached hydrogens (tertiary/aromatic N) is 2. The Morgan fingerprint density at radius 3 is 0.685 bits per heavy atom. The van der Waals surface area contributed by atoms with Gasteiger partial charge in [-0.05, 0) is 377 Å². The zero-order chi connectivity index (χ0) is 56.0. The molecule has 92 heavy (non-hydrogen) atoms. The van der Waals surface area contributed by atoms with Crippen molar-refractivity contribution in [3.05, 3.63) is 141 Å². The summed E-state index contributed by atoms with van der Waals surface area (Å²) in [6.07, 6.45) is 14.6. The van der Waals surface area contributed by atoms with E-state index in [1.165, 1.54) is 24.0 Å². The summed E-state index contributed by atoms with van der Waals surface area (Å²) in [5.41, 5.74) is 20.8. The van der Waals surface area contributed by atoms with Gasteiger partial charge < -0.3 is 0 Å². The minimum Gasteiger partial charge on any atom is -0.261 e. The van der Waals surface area contributed by atoms with Gasteiger partial charge in [0.1, 0.15) is 0 Å². The molecule has 27 aromatic carbocycles. The molecule has 2 nitrogen and oxygen atoms in total. The molecule has 41 rings (SSSR count). The van der Waals surface area contributed by atoms with Crippen LogP contribution in [-0.2, 0) is 34.5 Å². The molecule has 27 aromatic rings. The lowest BCUT2D eigenvalue weighted by Crippen LogP contribution is -2.28. The first-order valence-electron chi connectivity index (χ1n) is 35.1. The van der Waals surface area contributed by atoms with Crippen LogP contribution in [0.5, 0.6) is 0 Å². The largest absolute Gasteiger partial charge is 0.261 e. The third-order valence-electron chi connectivity index (χ3n) is 32.7. The highest BCUT2D eigenvalue weighted by molar-refractivity contribution is 6.79. The van der Waals surface area contributed by atoms with Gasteiger partial charge in [-0.25, -0.2) is 0 Å². The standard InChI is InChI=1S/C90H32N2/c1-3-13-27(14-4-1)91-23-85-21-9-7-11-25-17-19-26(20-18-25)12-8-10-22-86(24-92-28-15-5-2-6-16-28)88-79-65-57-46-38-31-29-30-32-37(31)50(57)58-47-39(32)36-41-34(30)43-42-33(29)40-35(38)44-51-59-48(40)53(42)63-64-54(43)49(41)60-52-45(36)56(47)68-72-62(52)74-70(60)78(64)87(85)77(63)69(59)73-61(51)71(67(79)55(44)46)81(88)75-76(84(74)90(85,87)83(73)75)82(72)89(86,88)80(68)66(58)65/h1-6,13-20,23-24H,7-12,21-22H2. The normalized spacial score (nSPS) is 28.3. The third-order valence-corrected chi connectivity index (χ3v) is 32.7. The quantitative estimate of drug-likeness (QED) is 0.124. The number of hydrogen-bond donors (Lipinski definition) is 0. The topological polar surface area (TPSA) is 24.7 Å². The van der Waals surface area contributed by atoms with Gasteiger partial charge in [-0.15, -0.1) is 0 Å². The Bertz CT molecular complexity index is 8230. The minimum atomic E-state index is -0.359. The molecule has 402 valence electrons. The Labute approximate surface area is 513 Å². The van der Waals surface area contributed by atoms with Crippen LogP contribution >= 0.6 is 0 Å². The second kappa shape index (κ2) is 9.55. The van der Waals surface area contributed by atoms with Crippen molar-refractivity contribution in [2.75, 3.05) is 0 Å². The van der Waals surface area contributed by atoms with Crippen molar-refractivity contribution in [1.29, 1.82) is 0 Å². The van der Waals surface area contributed by atoms with Crippen molar-refractivity contribution in [2.45, 2.75) is 73.0 Å². The summed E-state index contributed by atoms with van der Waals surface area (Å²) in [4.78, 5) is 12.3. The molecule has 0 radical (unpaired) electrons. The van der Waals surface area contributed by atoms with Crippen LogP contribution < -0.4 is 0 Å². The van der Waals surface area contributed by atoms with E-state index in [9.17, 15) is 0 Å². The second-order valence-electron chi connectivity index (χ2n) is 33.4. The molecule has 0 aliphatic heterocycles. The maximum absolute atomic E-state index is 6.13. The number of aliphatic imine (C=N–C) groups is 2. The van der Waals surface area contributed by atoms with Gasteiger partial charge in [-0.2, -0.15) is 0 Å². The van der Waals surface area contributed by atoms with E-state index < -0.39 is 0 Å². The molecule has 3 unspecified atom stereocenters. The molecule has 0 N–H and O–H groups in total. The average molecular weight is 1140 g/mol. The molecule has 14 aliphatic rings. The zero-order valence-corrected chi connectivity index (χ0v) is 48.8. The molecule has 0 heterocycles. The van der Waals surface area contributed by atoms with E-state index in [4.69, 9.17) is 9.98 Å². The lowest BCUT2D eigenvalue weighted by atomic mass is 9.66. The van der Waals surface area contributed by atoms with E-state index in [0.717, 1.165) is 49.9 Å². The van der Waals surface area contributed by atoms with Crippen LogP contribution in [0.4, 0.5) is 11.4 Å². The average Bonchev–Trinajstić information content (AvgIpc) is 1.34. The molecule has 2 heteroatoms. The molecule has 4 spiro atoms. The molecule has 0 aromatic heterocycles. The first-order chi connectivity index (χ1) is 45.8. The molecule has 0 amide bonds. The highest BCUT2D eigenvalue weighted by Crippen LogP contribution is 3.02. The minimum absolute atomic E-state index is 0.344. The Hall–Kier alpha value is -10.3. The Kier molecular flexibility index (Phi) is 3.99. The summed E-state index contributed by atoms with van der Waals surface area (Å²) in [6.45, 7) is 0. The van der Waals surface area contributed by atoms with E-state index in [1.54, 1.807) is 303 Å². The lowest BCUT2D eigenvalue weighted by Gasteiger charge is -2.34. The van der Waals surface area contributed by atoms with Crippen LogP contribution in [0.1, 0.15) is 94.2 Å². The van der Waals surface area contributed by atoms with E-state index >= 15 is 0 Å². The zero-order valence-electron chi connectivity index (χ0n) is 48.8. The van der Waals surface area contributed by atoms with Crippen molar-refractivity contribution in [3.8, 4) is 11.1 Å². The predicted octanol–water partition coefficient (Wildman–Crippen LogP) is 22.8. The Morgan fingerprint density at radius 2 is 0.424 bits per heavy atom. The summed E-state index contributed by atoms with van der Waals surface area (Å²) in [5.74, 6) is 0. The van der Waals surface area contributed by atoms with Crippen molar-refractivity contribution in [2.24, 2.45) is 20.8 Å². The highest BCUT2D eigenvalue weighted by atomic mass is 15.0. The molecule has 2 fully saturated rings. The fourth-order valence-electron chi connectivity index (χ4n) is 32.1. The van der Waals surface area contributed by atoms with E-state index in [1.807, 2.05) is 0 Å². The summed E-state index contributed by atoms with van der Waals surface area (Å²) in [5, 5.41) is 77.2. The molecule has 0 saturated heterocycles.